The molecule has 1 aliphatic rings. The molecule has 1 amide bonds. The van der Waals surface area contributed by atoms with Gasteiger partial charge in [-0.25, -0.2) is 8.42 Å². The number of carbonyl (C=O) groups is 1. The van der Waals surface area contributed by atoms with Crippen molar-refractivity contribution in [3.63, 3.8) is 0 Å². The molecule has 9 heteroatoms. The Bertz CT molecular complexity index is 1150. The van der Waals surface area contributed by atoms with Gasteiger partial charge < -0.3 is 14.5 Å². The van der Waals surface area contributed by atoms with Crippen LogP contribution in [0.15, 0.2) is 63.4 Å². The zero-order valence-corrected chi connectivity index (χ0v) is 19.5. The van der Waals surface area contributed by atoms with Gasteiger partial charge in [0.05, 0.1) is 18.8 Å². The molecule has 0 radical (unpaired) electrons. The Labute approximate surface area is 192 Å². The lowest BCUT2D eigenvalue weighted by Crippen LogP contribution is -2.43. The molecule has 1 N–H and O–H groups in total. The highest BCUT2D eigenvalue weighted by molar-refractivity contribution is 7.91. The number of sulfonamides is 1. The van der Waals surface area contributed by atoms with Crippen LogP contribution >= 0.6 is 11.3 Å². The van der Waals surface area contributed by atoms with Gasteiger partial charge in [-0.05, 0) is 61.7 Å². The number of amides is 1. The zero-order valence-electron chi connectivity index (χ0n) is 17.8. The minimum absolute atomic E-state index is 0.166. The fourth-order valence-corrected chi connectivity index (χ4v) is 6.66. The lowest BCUT2D eigenvalue weighted by Gasteiger charge is -2.30. The quantitative estimate of drug-likeness (QED) is 0.523. The fourth-order valence-electron chi connectivity index (χ4n) is 3.70. The highest BCUT2D eigenvalue weighted by Gasteiger charge is 2.34. The second-order valence-electron chi connectivity index (χ2n) is 7.83. The van der Waals surface area contributed by atoms with Crippen LogP contribution in [0.5, 0.6) is 0 Å². The van der Waals surface area contributed by atoms with E-state index in [9.17, 15) is 13.2 Å². The number of rotatable bonds is 8. The van der Waals surface area contributed by atoms with Crippen LogP contribution in [-0.4, -0.2) is 31.7 Å². The van der Waals surface area contributed by atoms with Crippen LogP contribution in [0.25, 0.3) is 0 Å². The third-order valence-electron chi connectivity index (χ3n) is 5.35. The van der Waals surface area contributed by atoms with E-state index in [2.05, 4.69) is 5.32 Å². The van der Waals surface area contributed by atoms with Crippen LogP contribution in [0.3, 0.4) is 0 Å². The van der Waals surface area contributed by atoms with Gasteiger partial charge in [0, 0.05) is 23.7 Å². The maximum atomic E-state index is 12.9. The van der Waals surface area contributed by atoms with Crippen LogP contribution < -0.4 is 5.32 Å². The number of hydrogen-bond donors (Lipinski definition) is 1. The molecular formula is C23H26N2O5S2. The number of benzene rings is 1. The minimum Gasteiger partial charge on any atom is -0.467 e. The molecule has 0 spiro atoms. The maximum Gasteiger partial charge on any atom is 0.252 e. The molecule has 0 aliphatic carbocycles. The van der Waals surface area contributed by atoms with E-state index in [4.69, 9.17) is 9.15 Å². The van der Waals surface area contributed by atoms with Gasteiger partial charge in [-0.3, -0.25) is 4.79 Å². The van der Waals surface area contributed by atoms with Crippen molar-refractivity contribution in [2.75, 3.05) is 18.4 Å². The van der Waals surface area contributed by atoms with Crippen LogP contribution in [0.4, 0.5) is 5.69 Å². The monoisotopic (exact) mass is 474 g/mol. The molecule has 3 aromatic rings. The average molecular weight is 475 g/mol. The summed E-state index contributed by atoms with van der Waals surface area (Å²) in [7, 11) is -3.57. The molecule has 0 saturated carbocycles. The summed E-state index contributed by atoms with van der Waals surface area (Å²) in [4.78, 5) is 13.8. The normalized spacial score (nSPS) is 17.3. The Morgan fingerprint density at radius 3 is 2.84 bits per heavy atom. The third-order valence-corrected chi connectivity index (χ3v) is 8.69. The van der Waals surface area contributed by atoms with E-state index >= 15 is 0 Å². The van der Waals surface area contributed by atoms with Crippen molar-refractivity contribution in [1.29, 1.82) is 0 Å². The summed E-state index contributed by atoms with van der Waals surface area (Å²) in [5, 5.41) is 2.94. The number of nitrogens with zero attached hydrogens (tertiary/aromatic N) is 1. The summed E-state index contributed by atoms with van der Waals surface area (Å²) in [5.74, 6) is 0.198. The first-order valence-electron chi connectivity index (χ1n) is 10.5. The molecule has 1 unspecified atom stereocenters. The number of aryl methyl sites for hydroxylation is 1. The largest absolute Gasteiger partial charge is 0.467 e. The van der Waals surface area contributed by atoms with Gasteiger partial charge in [0.1, 0.15) is 16.6 Å². The van der Waals surface area contributed by atoms with E-state index < -0.39 is 15.9 Å². The highest BCUT2D eigenvalue weighted by atomic mass is 32.2. The van der Waals surface area contributed by atoms with Crippen LogP contribution in [0.1, 0.15) is 29.0 Å². The van der Waals surface area contributed by atoms with Gasteiger partial charge in [-0.15, -0.1) is 11.3 Å². The standard InChI is InChI=1S/C23H26N2O5S2/c1-17-9-10-22(31-17)32(27,28)25-11-3-6-19(14-25)23(26)24-20-7-2-5-18(13-20)15-29-16-21-8-4-12-30-21/h2,4-5,7-10,12-13,19H,3,6,11,14-16H2,1H3,(H,24,26). The van der Waals surface area contributed by atoms with Crippen molar-refractivity contribution >= 4 is 33.0 Å². The molecule has 32 heavy (non-hydrogen) atoms. The molecule has 1 atom stereocenters. The predicted octanol–water partition coefficient (Wildman–Crippen LogP) is 4.41. The molecule has 1 saturated heterocycles. The van der Waals surface area contributed by atoms with Crippen LogP contribution in [0, 0.1) is 12.8 Å². The summed E-state index contributed by atoms with van der Waals surface area (Å²) < 4.78 is 38.6. The van der Waals surface area contributed by atoms with Gasteiger partial charge in [0.15, 0.2) is 0 Å². The number of anilines is 1. The summed E-state index contributed by atoms with van der Waals surface area (Å²) in [5.41, 5.74) is 1.60. The SMILES string of the molecule is Cc1ccc(S(=O)(=O)N2CCCC(C(=O)Nc3cccc(COCc4ccco4)c3)C2)s1. The van der Waals surface area contributed by atoms with Crippen LogP contribution in [0.2, 0.25) is 0 Å². The summed E-state index contributed by atoms with van der Waals surface area (Å²) >= 11 is 1.26. The van der Waals surface area contributed by atoms with Crippen molar-refractivity contribution in [1.82, 2.24) is 4.31 Å². The number of furan rings is 1. The van der Waals surface area contributed by atoms with Crippen molar-refractivity contribution in [2.24, 2.45) is 5.92 Å². The highest BCUT2D eigenvalue weighted by Crippen LogP contribution is 2.28. The topological polar surface area (TPSA) is 88.9 Å². The van der Waals surface area contributed by atoms with Gasteiger partial charge in [0.2, 0.25) is 5.91 Å². The van der Waals surface area contributed by atoms with E-state index in [1.165, 1.54) is 15.6 Å². The number of thiophene rings is 1. The summed E-state index contributed by atoms with van der Waals surface area (Å²) in [6.07, 6.45) is 2.92. The Balaban J connectivity index is 1.35. The fraction of sp³-hybridized carbons (Fsp3) is 0.348. The molecule has 1 aliphatic heterocycles. The van der Waals surface area contributed by atoms with E-state index in [1.54, 1.807) is 18.4 Å². The van der Waals surface area contributed by atoms with Crippen molar-refractivity contribution in [2.45, 2.75) is 37.2 Å². The lowest BCUT2D eigenvalue weighted by molar-refractivity contribution is -0.120. The number of hydrogen-bond acceptors (Lipinski definition) is 6. The molecule has 0 bridgehead atoms. The predicted molar refractivity (Wildman–Crippen MR) is 123 cm³/mol. The van der Waals surface area contributed by atoms with Crippen LogP contribution in [-0.2, 0) is 32.8 Å². The smallest absolute Gasteiger partial charge is 0.252 e. The first-order chi connectivity index (χ1) is 15.4. The second kappa shape index (κ2) is 9.99. The second-order valence-corrected chi connectivity index (χ2v) is 11.3. The molecule has 7 nitrogen and oxygen atoms in total. The van der Waals surface area contributed by atoms with E-state index in [-0.39, 0.29) is 12.5 Å². The number of carbonyl (C=O) groups excluding carboxylic acids is 1. The average Bonchev–Trinajstić information content (AvgIpc) is 3.46. The van der Waals surface area contributed by atoms with Gasteiger partial charge in [0.25, 0.3) is 10.0 Å². The Morgan fingerprint density at radius 2 is 2.09 bits per heavy atom. The molecular weight excluding hydrogens is 448 g/mol. The van der Waals surface area contributed by atoms with Gasteiger partial charge >= 0.3 is 0 Å². The van der Waals surface area contributed by atoms with Gasteiger partial charge in [-0.1, -0.05) is 12.1 Å². The Kier molecular flexibility index (Phi) is 7.10. The van der Waals surface area contributed by atoms with Crippen molar-refractivity contribution in [3.8, 4) is 0 Å². The molecule has 1 fully saturated rings. The van der Waals surface area contributed by atoms with Crippen molar-refractivity contribution in [3.05, 3.63) is 71.0 Å². The number of nitrogens with one attached hydrogen (secondary N) is 1. The molecule has 1 aromatic carbocycles. The molecule has 4 rings (SSSR count). The van der Waals surface area contributed by atoms with Crippen molar-refractivity contribution < 1.29 is 22.4 Å². The summed E-state index contributed by atoms with van der Waals surface area (Å²) in [6.45, 7) is 3.27. The summed E-state index contributed by atoms with van der Waals surface area (Å²) in [6, 6.07) is 14.6. The first-order valence-corrected chi connectivity index (χ1v) is 12.7. The third kappa shape index (κ3) is 5.47. The Hall–Kier alpha value is -2.46. The lowest BCUT2D eigenvalue weighted by atomic mass is 9.98. The molecule has 2 aromatic heterocycles. The van der Waals surface area contributed by atoms with E-state index in [0.29, 0.717) is 42.5 Å². The molecule has 3 heterocycles. The molecule has 170 valence electrons. The first kappa shape index (κ1) is 22.7. The van der Waals surface area contributed by atoms with E-state index in [0.717, 1.165) is 16.2 Å². The number of piperidine rings is 1. The Morgan fingerprint density at radius 1 is 1.22 bits per heavy atom. The number of ether oxygens (including phenoxy) is 1. The van der Waals surface area contributed by atoms with E-state index in [1.807, 2.05) is 43.3 Å². The maximum absolute atomic E-state index is 12.9. The van der Waals surface area contributed by atoms with Gasteiger partial charge in [-0.2, -0.15) is 4.31 Å². The zero-order chi connectivity index (χ0) is 22.6. The minimum atomic E-state index is -3.57.